The van der Waals surface area contributed by atoms with Crippen molar-refractivity contribution in [2.24, 2.45) is 0 Å². The first-order chi connectivity index (χ1) is 13.7. The van der Waals surface area contributed by atoms with Crippen LogP contribution < -0.4 is 14.8 Å². The number of ether oxygens (including phenoxy) is 4. The molecule has 1 aromatic carbocycles. The highest BCUT2D eigenvalue weighted by Gasteiger charge is 2.51. The molecule has 7 nitrogen and oxygen atoms in total. The summed E-state index contributed by atoms with van der Waals surface area (Å²) in [6.45, 7) is 3.24. The van der Waals surface area contributed by atoms with Crippen LogP contribution in [0.2, 0.25) is 0 Å². The Hall–Kier alpha value is -3.17. The van der Waals surface area contributed by atoms with Gasteiger partial charge in [-0.05, 0) is 19.9 Å². The van der Waals surface area contributed by atoms with E-state index in [9.17, 15) is 22.8 Å². The van der Waals surface area contributed by atoms with Gasteiger partial charge in [0, 0.05) is 11.3 Å². The van der Waals surface area contributed by atoms with Crippen molar-refractivity contribution < 1.29 is 41.7 Å². The zero-order valence-electron chi connectivity index (χ0n) is 15.4. The molecule has 0 bridgehead atoms. The molecule has 0 fully saturated rings. The van der Waals surface area contributed by atoms with Gasteiger partial charge in [-0.15, -0.1) is 0 Å². The SMILES string of the molecule is CCOC(=O)C1=C(C)NC2=C(C(=O)OC2)C1c1cccc2c1OC(F)C(F)(F)O2. The second-order valence-corrected chi connectivity index (χ2v) is 6.56. The zero-order valence-corrected chi connectivity index (χ0v) is 15.4. The standard InChI is InChI=1S/C19H16F3NO6/c1-3-26-16(24)12-8(2)23-10-7-27-17(25)14(10)13(12)9-5-4-6-11-15(9)28-18(20)19(21,22)29-11/h4-6,13,18,23H,3,7H2,1-2H3. The van der Waals surface area contributed by atoms with Crippen LogP contribution in [0.4, 0.5) is 13.2 Å². The first-order valence-electron chi connectivity index (χ1n) is 8.80. The van der Waals surface area contributed by atoms with Crippen LogP contribution >= 0.6 is 0 Å². The molecule has 154 valence electrons. The number of carbonyl (C=O) groups excluding carboxylic acids is 2. The number of alkyl halides is 3. The third kappa shape index (κ3) is 2.99. The summed E-state index contributed by atoms with van der Waals surface area (Å²) in [5.74, 6) is -3.21. The van der Waals surface area contributed by atoms with Crippen molar-refractivity contribution >= 4 is 11.9 Å². The third-order valence-electron chi connectivity index (χ3n) is 4.76. The normalized spacial score (nSPS) is 24.7. The van der Waals surface area contributed by atoms with Gasteiger partial charge >= 0.3 is 24.4 Å². The molecule has 0 aliphatic carbocycles. The molecule has 3 heterocycles. The average molecular weight is 411 g/mol. The van der Waals surface area contributed by atoms with Crippen LogP contribution in [0.25, 0.3) is 0 Å². The third-order valence-corrected chi connectivity index (χ3v) is 4.76. The molecule has 0 saturated carbocycles. The highest BCUT2D eigenvalue weighted by Crippen LogP contribution is 2.50. The molecule has 29 heavy (non-hydrogen) atoms. The van der Waals surface area contributed by atoms with Crippen LogP contribution in [0.15, 0.2) is 40.7 Å². The number of para-hydroxylation sites is 1. The van der Waals surface area contributed by atoms with E-state index in [1.165, 1.54) is 18.2 Å². The molecule has 2 atom stereocenters. The van der Waals surface area contributed by atoms with Crippen molar-refractivity contribution in [1.82, 2.24) is 5.32 Å². The number of allylic oxidation sites excluding steroid dienone is 1. The van der Waals surface area contributed by atoms with Gasteiger partial charge in [0.05, 0.1) is 29.4 Å². The van der Waals surface area contributed by atoms with Gasteiger partial charge in [-0.25, -0.2) is 9.59 Å². The number of hydrogen-bond acceptors (Lipinski definition) is 7. The van der Waals surface area contributed by atoms with E-state index in [1.807, 2.05) is 0 Å². The van der Waals surface area contributed by atoms with Gasteiger partial charge in [0.2, 0.25) is 0 Å². The monoisotopic (exact) mass is 411 g/mol. The summed E-state index contributed by atoms with van der Waals surface area (Å²) in [4.78, 5) is 25.1. The molecule has 0 amide bonds. The fourth-order valence-corrected chi connectivity index (χ4v) is 3.59. The Labute approximate surface area is 163 Å². The number of halogens is 3. The number of esters is 2. The summed E-state index contributed by atoms with van der Waals surface area (Å²) < 4.78 is 60.5. The van der Waals surface area contributed by atoms with Crippen LogP contribution in [0.1, 0.15) is 25.3 Å². The van der Waals surface area contributed by atoms with Gasteiger partial charge in [0.15, 0.2) is 11.5 Å². The Kier molecular flexibility index (Phi) is 4.44. The number of hydrogen-bond donors (Lipinski definition) is 1. The van der Waals surface area contributed by atoms with E-state index < -0.39 is 36.1 Å². The molecule has 1 aromatic rings. The van der Waals surface area contributed by atoms with Crippen molar-refractivity contribution in [3.8, 4) is 11.5 Å². The van der Waals surface area contributed by atoms with Crippen LogP contribution in [0.3, 0.4) is 0 Å². The van der Waals surface area contributed by atoms with Crippen LogP contribution in [0.5, 0.6) is 11.5 Å². The lowest BCUT2D eigenvalue weighted by Crippen LogP contribution is -2.43. The number of benzene rings is 1. The van der Waals surface area contributed by atoms with E-state index in [2.05, 4.69) is 10.1 Å². The lowest BCUT2D eigenvalue weighted by molar-refractivity contribution is -0.281. The first kappa shape index (κ1) is 19.2. The van der Waals surface area contributed by atoms with Gasteiger partial charge in [0.1, 0.15) is 6.61 Å². The second kappa shape index (κ2) is 6.71. The Morgan fingerprint density at radius 1 is 1.38 bits per heavy atom. The summed E-state index contributed by atoms with van der Waals surface area (Å²) in [6, 6.07) is 4.01. The van der Waals surface area contributed by atoms with Gasteiger partial charge in [-0.2, -0.15) is 13.2 Å². The molecule has 0 aromatic heterocycles. The number of rotatable bonds is 3. The van der Waals surface area contributed by atoms with Crippen molar-refractivity contribution in [2.75, 3.05) is 13.2 Å². The van der Waals surface area contributed by atoms with Gasteiger partial charge in [-0.1, -0.05) is 12.1 Å². The van der Waals surface area contributed by atoms with Gasteiger partial charge < -0.3 is 24.3 Å². The number of fused-ring (bicyclic) bond motifs is 1. The summed E-state index contributed by atoms with van der Waals surface area (Å²) in [5.41, 5.74) is 1.08. The number of dihydropyridines is 1. The minimum atomic E-state index is -4.17. The minimum absolute atomic E-state index is 0.0473. The Balaban J connectivity index is 1.90. The highest BCUT2D eigenvalue weighted by atomic mass is 19.3. The van der Waals surface area contributed by atoms with E-state index in [0.29, 0.717) is 11.4 Å². The summed E-state index contributed by atoms with van der Waals surface area (Å²) in [5, 5.41) is 2.95. The lowest BCUT2D eigenvalue weighted by atomic mass is 9.80. The maximum absolute atomic E-state index is 13.9. The van der Waals surface area contributed by atoms with Crippen LogP contribution in [0, 0.1) is 0 Å². The largest absolute Gasteiger partial charge is 0.468 e. The predicted octanol–water partition coefficient (Wildman–Crippen LogP) is 2.68. The number of cyclic esters (lactones) is 1. The van der Waals surface area contributed by atoms with Crippen LogP contribution in [-0.2, 0) is 19.1 Å². The van der Waals surface area contributed by atoms with Crippen molar-refractivity contribution in [2.45, 2.75) is 32.2 Å². The van der Waals surface area contributed by atoms with E-state index in [-0.39, 0.29) is 35.7 Å². The molecular formula is C19H16F3NO6. The summed E-state index contributed by atoms with van der Waals surface area (Å²) in [7, 11) is 0. The maximum Gasteiger partial charge on any atom is 0.468 e. The van der Waals surface area contributed by atoms with Crippen molar-refractivity contribution in [3.63, 3.8) is 0 Å². The summed E-state index contributed by atoms with van der Waals surface area (Å²) >= 11 is 0. The Morgan fingerprint density at radius 3 is 2.86 bits per heavy atom. The fraction of sp³-hybridized carbons (Fsp3) is 0.368. The van der Waals surface area contributed by atoms with Crippen LogP contribution in [-0.4, -0.2) is 37.6 Å². The molecule has 2 unspecified atom stereocenters. The number of carbonyl (C=O) groups is 2. The first-order valence-corrected chi connectivity index (χ1v) is 8.80. The van der Waals surface area contributed by atoms with Gasteiger partial charge in [-0.3, -0.25) is 0 Å². The maximum atomic E-state index is 13.9. The zero-order chi connectivity index (χ0) is 20.9. The summed E-state index contributed by atoms with van der Waals surface area (Å²) in [6.07, 6.45) is -7.23. The lowest BCUT2D eigenvalue weighted by Gasteiger charge is -2.33. The van der Waals surface area contributed by atoms with Crippen molar-refractivity contribution in [3.05, 3.63) is 46.3 Å². The molecule has 1 N–H and O–H groups in total. The smallest absolute Gasteiger partial charge is 0.463 e. The highest BCUT2D eigenvalue weighted by molar-refractivity contribution is 6.01. The Morgan fingerprint density at radius 2 is 2.14 bits per heavy atom. The Bertz CT molecular complexity index is 971. The second-order valence-electron chi connectivity index (χ2n) is 6.56. The fourth-order valence-electron chi connectivity index (χ4n) is 3.59. The topological polar surface area (TPSA) is 83.1 Å². The predicted molar refractivity (Wildman–Crippen MR) is 90.7 cm³/mol. The van der Waals surface area contributed by atoms with E-state index in [0.717, 1.165) is 0 Å². The molecule has 3 aliphatic rings. The van der Waals surface area contributed by atoms with E-state index in [4.69, 9.17) is 14.2 Å². The molecule has 0 spiro atoms. The molecular weight excluding hydrogens is 395 g/mol. The molecule has 3 aliphatic heterocycles. The molecule has 0 radical (unpaired) electrons. The molecule has 10 heteroatoms. The minimum Gasteiger partial charge on any atom is -0.463 e. The molecule has 4 rings (SSSR count). The van der Waals surface area contributed by atoms with E-state index in [1.54, 1.807) is 13.8 Å². The molecule has 0 saturated heterocycles. The van der Waals surface area contributed by atoms with Crippen molar-refractivity contribution in [1.29, 1.82) is 0 Å². The average Bonchev–Trinajstić information content (AvgIpc) is 3.01. The quantitative estimate of drug-likeness (QED) is 0.766. The van der Waals surface area contributed by atoms with E-state index >= 15 is 0 Å². The van der Waals surface area contributed by atoms with Gasteiger partial charge in [0.25, 0.3) is 0 Å². The number of nitrogens with one attached hydrogen (secondary N) is 1.